The van der Waals surface area contributed by atoms with Crippen LogP contribution >= 0.6 is 23.5 Å². The number of benzene rings is 1. The van der Waals surface area contributed by atoms with Gasteiger partial charge in [-0.25, -0.2) is 4.79 Å². The number of amides is 2. The Hall–Kier alpha value is -0.810. The van der Waals surface area contributed by atoms with Crippen molar-refractivity contribution in [3.8, 4) is 0 Å². The minimum atomic E-state index is -0.0490. The molecule has 0 saturated carbocycles. The number of hydrogen-bond acceptors (Lipinski definition) is 3. The predicted molar refractivity (Wildman–Crippen MR) is 85.1 cm³/mol. The van der Waals surface area contributed by atoms with E-state index in [9.17, 15) is 4.79 Å². The maximum Gasteiger partial charge on any atom is 0.314 e. The first-order valence-electron chi connectivity index (χ1n) is 6.59. The lowest BCUT2D eigenvalue weighted by molar-refractivity contribution is 0.241. The van der Waals surface area contributed by atoms with Crippen molar-refractivity contribution in [2.24, 2.45) is 0 Å². The zero-order chi connectivity index (χ0) is 13.3. The molecule has 0 unspecified atom stereocenters. The summed E-state index contributed by atoms with van der Waals surface area (Å²) in [5.74, 6) is 3.59. The fourth-order valence-corrected chi connectivity index (χ4v) is 4.50. The molecule has 0 aliphatic carbocycles. The van der Waals surface area contributed by atoms with Crippen LogP contribution in [0.2, 0.25) is 0 Å². The molecule has 104 valence electrons. The highest BCUT2D eigenvalue weighted by atomic mass is 32.2. The number of thioether (sulfide) groups is 2. The Morgan fingerprint density at radius 2 is 2.05 bits per heavy atom. The molecule has 0 spiro atoms. The van der Waals surface area contributed by atoms with Gasteiger partial charge in [-0.05, 0) is 12.0 Å². The maximum absolute atomic E-state index is 11.6. The van der Waals surface area contributed by atoms with E-state index in [1.165, 1.54) is 17.1 Å². The first-order valence-corrected chi connectivity index (χ1v) is 8.80. The number of carbonyl (C=O) groups excluding carboxylic acids is 1. The van der Waals surface area contributed by atoms with Crippen molar-refractivity contribution in [3.63, 3.8) is 0 Å². The highest BCUT2D eigenvalue weighted by molar-refractivity contribution is 8.06. The Balaban J connectivity index is 1.57. The zero-order valence-electron chi connectivity index (χ0n) is 10.9. The molecule has 0 radical (unpaired) electrons. The minimum Gasteiger partial charge on any atom is -0.338 e. The third-order valence-electron chi connectivity index (χ3n) is 2.92. The molecule has 19 heavy (non-hydrogen) atoms. The van der Waals surface area contributed by atoms with E-state index in [1.807, 2.05) is 41.7 Å². The summed E-state index contributed by atoms with van der Waals surface area (Å²) in [7, 11) is 0. The fourth-order valence-electron chi connectivity index (χ4n) is 1.89. The number of nitrogens with one attached hydrogen (secondary N) is 2. The summed E-state index contributed by atoms with van der Waals surface area (Å²) in [4.78, 5) is 11.6. The Labute approximate surface area is 123 Å². The van der Waals surface area contributed by atoms with Gasteiger partial charge in [0.2, 0.25) is 0 Å². The average Bonchev–Trinajstić information content (AvgIpc) is 2.47. The lowest BCUT2D eigenvalue weighted by atomic mass is 10.1. The third kappa shape index (κ3) is 5.78. The summed E-state index contributed by atoms with van der Waals surface area (Å²) >= 11 is 3.94. The predicted octanol–water partition coefficient (Wildman–Crippen LogP) is 2.38. The van der Waals surface area contributed by atoms with Gasteiger partial charge in [0.1, 0.15) is 0 Å². The number of urea groups is 1. The Kier molecular flexibility index (Phi) is 6.44. The van der Waals surface area contributed by atoms with E-state index in [0.29, 0.717) is 11.8 Å². The molecule has 2 N–H and O–H groups in total. The monoisotopic (exact) mass is 296 g/mol. The number of rotatable bonds is 5. The van der Waals surface area contributed by atoms with Crippen LogP contribution in [0.4, 0.5) is 4.79 Å². The van der Waals surface area contributed by atoms with Gasteiger partial charge >= 0.3 is 6.03 Å². The molecule has 1 saturated heterocycles. The second kappa shape index (κ2) is 8.38. The van der Waals surface area contributed by atoms with E-state index < -0.39 is 0 Å². The van der Waals surface area contributed by atoms with E-state index in [-0.39, 0.29) is 6.03 Å². The smallest absolute Gasteiger partial charge is 0.314 e. The Bertz CT molecular complexity index is 380. The average molecular weight is 296 g/mol. The summed E-state index contributed by atoms with van der Waals surface area (Å²) in [6.45, 7) is 1.46. The van der Waals surface area contributed by atoms with Crippen LogP contribution in [0.3, 0.4) is 0 Å². The van der Waals surface area contributed by atoms with Crippen LogP contribution in [0.5, 0.6) is 0 Å². The Morgan fingerprint density at radius 1 is 1.21 bits per heavy atom. The van der Waals surface area contributed by atoms with Crippen LogP contribution < -0.4 is 10.6 Å². The molecule has 1 aliphatic heterocycles. The largest absolute Gasteiger partial charge is 0.338 e. The van der Waals surface area contributed by atoms with E-state index in [4.69, 9.17) is 0 Å². The first-order chi connectivity index (χ1) is 9.34. The highest BCUT2D eigenvalue weighted by Crippen LogP contribution is 2.23. The van der Waals surface area contributed by atoms with Gasteiger partial charge in [0.05, 0.1) is 0 Å². The van der Waals surface area contributed by atoms with E-state index in [0.717, 1.165) is 18.7 Å². The highest BCUT2D eigenvalue weighted by Gasteiger charge is 2.14. The summed E-state index contributed by atoms with van der Waals surface area (Å²) < 4.78 is 0. The molecule has 1 aliphatic rings. The fraction of sp³-hybridized carbons (Fsp3) is 0.500. The summed E-state index contributed by atoms with van der Waals surface area (Å²) in [6, 6.07) is 10.2. The summed E-state index contributed by atoms with van der Waals surface area (Å²) in [5, 5.41) is 6.43. The summed E-state index contributed by atoms with van der Waals surface area (Å²) in [5.41, 5.74) is 1.25. The lowest BCUT2D eigenvalue weighted by Gasteiger charge is -2.21. The van der Waals surface area contributed by atoms with Crippen LogP contribution in [-0.4, -0.2) is 41.6 Å². The second-order valence-corrected chi connectivity index (χ2v) is 7.00. The van der Waals surface area contributed by atoms with Crippen LogP contribution in [-0.2, 0) is 6.42 Å². The van der Waals surface area contributed by atoms with Crippen molar-refractivity contribution in [2.75, 3.05) is 30.3 Å². The van der Waals surface area contributed by atoms with Crippen molar-refractivity contribution < 1.29 is 4.79 Å². The molecule has 2 amide bonds. The lowest BCUT2D eigenvalue weighted by Crippen LogP contribution is -2.40. The summed E-state index contributed by atoms with van der Waals surface area (Å²) in [6.07, 6.45) is 0.877. The Morgan fingerprint density at radius 3 is 2.79 bits per heavy atom. The normalized spacial score (nSPS) is 18.8. The maximum atomic E-state index is 11.6. The van der Waals surface area contributed by atoms with Crippen molar-refractivity contribution in [1.82, 2.24) is 10.6 Å². The molecule has 0 aromatic heterocycles. The van der Waals surface area contributed by atoms with E-state index in [1.54, 1.807) is 0 Å². The van der Waals surface area contributed by atoms with Crippen LogP contribution in [0.25, 0.3) is 0 Å². The van der Waals surface area contributed by atoms with Gasteiger partial charge in [-0.15, -0.1) is 0 Å². The van der Waals surface area contributed by atoms with Crippen LogP contribution in [0.15, 0.2) is 30.3 Å². The van der Waals surface area contributed by atoms with Crippen molar-refractivity contribution in [2.45, 2.75) is 11.7 Å². The molecule has 5 heteroatoms. The number of hydrogen-bond donors (Lipinski definition) is 2. The van der Waals surface area contributed by atoms with Crippen LogP contribution in [0, 0.1) is 0 Å². The van der Waals surface area contributed by atoms with Gasteiger partial charge in [0.25, 0.3) is 0 Å². The van der Waals surface area contributed by atoms with Crippen molar-refractivity contribution >= 4 is 29.6 Å². The van der Waals surface area contributed by atoms with E-state index in [2.05, 4.69) is 22.8 Å². The molecule has 0 bridgehead atoms. The topological polar surface area (TPSA) is 41.1 Å². The molecule has 1 fully saturated rings. The third-order valence-corrected chi connectivity index (χ3v) is 5.76. The van der Waals surface area contributed by atoms with Crippen molar-refractivity contribution in [3.05, 3.63) is 35.9 Å². The van der Waals surface area contributed by atoms with Gasteiger partial charge in [0, 0.05) is 35.6 Å². The molecular formula is C14H20N2OS2. The molecule has 1 heterocycles. The van der Waals surface area contributed by atoms with Gasteiger partial charge in [-0.2, -0.15) is 23.5 Å². The second-order valence-electron chi connectivity index (χ2n) is 4.44. The quantitative estimate of drug-likeness (QED) is 0.876. The first kappa shape index (κ1) is 14.6. The molecule has 1 aromatic carbocycles. The molecule has 2 rings (SSSR count). The standard InChI is InChI=1S/C14H20N2OS2/c17-14(16-10-13-11-18-8-9-19-13)15-7-6-12-4-2-1-3-5-12/h1-5,13H,6-11H2,(H2,15,16,17)/t13-/m0/s1. The molecule has 1 aromatic rings. The van der Waals surface area contributed by atoms with Crippen LogP contribution in [0.1, 0.15) is 5.56 Å². The number of carbonyl (C=O) groups is 1. The SMILES string of the molecule is O=C(NCCc1ccccc1)NC[C@H]1CSCCS1. The van der Waals surface area contributed by atoms with Gasteiger partial charge in [-0.3, -0.25) is 0 Å². The van der Waals surface area contributed by atoms with Gasteiger partial charge < -0.3 is 10.6 Å². The van der Waals surface area contributed by atoms with Gasteiger partial charge in [-0.1, -0.05) is 30.3 Å². The zero-order valence-corrected chi connectivity index (χ0v) is 12.6. The molecular weight excluding hydrogens is 276 g/mol. The van der Waals surface area contributed by atoms with E-state index >= 15 is 0 Å². The minimum absolute atomic E-state index is 0.0490. The molecule has 3 nitrogen and oxygen atoms in total. The van der Waals surface area contributed by atoms with Gasteiger partial charge in [0.15, 0.2) is 0 Å². The molecule has 1 atom stereocenters. The van der Waals surface area contributed by atoms with Crippen molar-refractivity contribution in [1.29, 1.82) is 0 Å².